The molecule has 2 aromatic rings. The smallest absolute Gasteiger partial charge is 0.149 e. The normalized spacial score (nSPS) is 14.8. The van der Waals surface area contributed by atoms with Gasteiger partial charge in [0.25, 0.3) is 0 Å². The molecule has 0 bridgehead atoms. The van der Waals surface area contributed by atoms with Crippen molar-refractivity contribution in [2.75, 3.05) is 6.61 Å². The van der Waals surface area contributed by atoms with Gasteiger partial charge in [0.05, 0.1) is 12.2 Å². The van der Waals surface area contributed by atoms with Gasteiger partial charge in [0.15, 0.2) is 0 Å². The number of hydrogen-bond acceptors (Lipinski definition) is 1. The summed E-state index contributed by atoms with van der Waals surface area (Å²) in [6.07, 6.45) is 0. The molecule has 0 fully saturated rings. The lowest BCUT2D eigenvalue weighted by atomic mass is 9.95. The van der Waals surface area contributed by atoms with Gasteiger partial charge in [-0.25, -0.2) is 5.11 Å². The van der Waals surface area contributed by atoms with E-state index in [1.165, 1.54) is 0 Å². The summed E-state index contributed by atoms with van der Waals surface area (Å²) in [4.78, 5) is 0. The van der Waals surface area contributed by atoms with E-state index in [2.05, 4.69) is 0 Å². The predicted molar refractivity (Wildman–Crippen MR) is 79.9 cm³/mol. The van der Waals surface area contributed by atoms with Crippen LogP contribution in [0, 0.1) is 0 Å². The summed E-state index contributed by atoms with van der Waals surface area (Å²) < 4.78 is 5.92. The van der Waals surface area contributed by atoms with Crippen LogP contribution in [0.4, 0.5) is 0 Å². The van der Waals surface area contributed by atoms with E-state index in [0.29, 0.717) is 0 Å². The lowest BCUT2D eigenvalue weighted by Gasteiger charge is -2.30. The zero-order chi connectivity index (χ0) is 14.6. The molecule has 0 aliphatic rings. The molecule has 0 aromatic heterocycles. The van der Waals surface area contributed by atoms with E-state index in [1.807, 2.05) is 74.5 Å². The van der Waals surface area contributed by atoms with E-state index in [0.717, 1.165) is 11.1 Å². The number of hydrogen-bond donors (Lipinski definition) is 0. The zero-order valence-electron chi connectivity index (χ0n) is 12.3. The fourth-order valence-corrected chi connectivity index (χ4v) is 2.12. The van der Waals surface area contributed by atoms with Crippen molar-refractivity contribution in [1.29, 1.82) is 0 Å². The van der Waals surface area contributed by atoms with Gasteiger partial charge in [0.1, 0.15) is 5.60 Å². The molecule has 0 aliphatic heterocycles. The van der Waals surface area contributed by atoms with Crippen molar-refractivity contribution in [3.05, 3.63) is 71.8 Å². The summed E-state index contributed by atoms with van der Waals surface area (Å²) in [7, 11) is 0. The largest absolute Gasteiger partial charge is 0.367 e. The van der Waals surface area contributed by atoms with Crippen LogP contribution in [0.1, 0.15) is 31.9 Å². The monoisotopic (exact) mass is 269 g/mol. The SMILES string of the molecule is CC([O])(COC(C)(C)c1ccccc1)c1ccccc1. The van der Waals surface area contributed by atoms with Gasteiger partial charge in [0, 0.05) is 0 Å². The van der Waals surface area contributed by atoms with E-state index in [-0.39, 0.29) is 6.61 Å². The van der Waals surface area contributed by atoms with Gasteiger partial charge in [0.2, 0.25) is 0 Å². The summed E-state index contributed by atoms with van der Waals surface area (Å²) in [6, 6.07) is 19.4. The highest BCUT2D eigenvalue weighted by Crippen LogP contribution is 2.29. The Morgan fingerprint density at radius 1 is 0.800 bits per heavy atom. The maximum atomic E-state index is 12.7. The van der Waals surface area contributed by atoms with Crippen molar-refractivity contribution in [3.63, 3.8) is 0 Å². The first-order valence-corrected chi connectivity index (χ1v) is 6.87. The van der Waals surface area contributed by atoms with Crippen LogP contribution in [-0.4, -0.2) is 6.61 Å². The number of benzene rings is 2. The minimum Gasteiger partial charge on any atom is -0.367 e. The Labute approximate surface area is 121 Å². The molecule has 2 aromatic carbocycles. The van der Waals surface area contributed by atoms with Gasteiger partial charge in [-0.3, -0.25) is 0 Å². The molecule has 0 N–H and O–H groups in total. The van der Waals surface area contributed by atoms with Gasteiger partial charge in [-0.1, -0.05) is 60.7 Å². The topological polar surface area (TPSA) is 29.1 Å². The van der Waals surface area contributed by atoms with Gasteiger partial charge in [-0.2, -0.15) is 0 Å². The van der Waals surface area contributed by atoms with Gasteiger partial charge in [-0.05, 0) is 31.9 Å². The fraction of sp³-hybridized carbons (Fsp3) is 0.333. The van der Waals surface area contributed by atoms with Gasteiger partial charge >= 0.3 is 0 Å². The van der Waals surface area contributed by atoms with Crippen LogP contribution in [0.3, 0.4) is 0 Å². The zero-order valence-corrected chi connectivity index (χ0v) is 12.3. The molecule has 0 amide bonds. The Balaban J connectivity index is 2.08. The third kappa shape index (κ3) is 3.47. The molecule has 0 saturated heterocycles. The fourth-order valence-electron chi connectivity index (χ4n) is 2.12. The molecule has 0 saturated carbocycles. The van der Waals surface area contributed by atoms with Crippen molar-refractivity contribution in [3.8, 4) is 0 Å². The summed E-state index contributed by atoms with van der Waals surface area (Å²) in [6.45, 7) is 5.79. The molecule has 1 atom stereocenters. The average molecular weight is 269 g/mol. The summed E-state index contributed by atoms with van der Waals surface area (Å²) in [5, 5.41) is 12.7. The maximum Gasteiger partial charge on any atom is 0.149 e. The van der Waals surface area contributed by atoms with Crippen LogP contribution >= 0.6 is 0 Å². The molecular formula is C18H21O2. The molecule has 0 spiro atoms. The Morgan fingerprint density at radius 3 is 1.75 bits per heavy atom. The molecule has 2 heteroatoms. The van der Waals surface area contributed by atoms with Crippen LogP contribution in [-0.2, 0) is 21.0 Å². The lowest BCUT2D eigenvalue weighted by molar-refractivity contribution is -0.133. The molecule has 1 radical (unpaired) electrons. The first-order chi connectivity index (χ1) is 9.42. The minimum atomic E-state index is -1.24. The third-order valence-electron chi connectivity index (χ3n) is 3.56. The van der Waals surface area contributed by atoms with Crippen LogP contribution in [0.15, 0.2) is 60.7 Å². The summed E-state index contributed by atoms with van der Waals surface area (Å²) in [5.74, 6) is 0. The van der Waals surface area contributed by atoms with Crippen LogP contribution in [0.25, 0.3) is 0 Å². The van der Waals surface area contributed by atoms with Crippen LogP contribution in [0.5, 0.6) is 0 Å². The molecule has 2 nitrogen and oxygen atoms in total. The lowest BCUT2D eigenvalue weighted by Crippen LogP contribution is -2.32. The Bertz CT molecular complexity index is 478. The van der Waals surface area contributed by atoms with Crippen molar-refractivity contribution in [2.24, 2.45) is 0 Å². The maximum absolute atomic E-state index is 12.7. The average Bonchev–Trinajstić information content (AvgIpc) is 2.47. The van der Waals surface area contributed by atoms with E-state index >= 15 is 0 Å². The van der Waals surface area contributed by atoms with E-state index in [4.69, 9.17) is 4.74 Å². The van der Waals surface area contributed by atoms with E-state index < -0.39 is 11.2 Å². The minimum absolute atomic E-state index is 0.138. The van der Waals surface area contributed by atoms with Crippen LogP contribution in [0.2, 0.25) is 0 Å². The Kier molecular flexibility index (Phi) is 4.26. The second-order valence-corrected chi connectivity index (χ2v) is 5.76. The molecule has 0 aliphatic carbocycles. The molecule has 0 heterocycles. The highest BCUT2D eigenvalue weighted by atomic mass is 16.5. The second kappa shape index (κ2) is 5.78. The molecule has 1 unspecified atom stereocenters. The Hall–Kier alpha value is -1.64. The highest BCUT2D eigenvalue weighted by molar-refractivity contribution is 5.23. The number of ether oxygens (including phenoxy) is 1. The predicted octanol–water partition coefficient (Wildman–Crippen LogP) is 4.28. The first-order valence-electron chi connectivity index (χ1n) is 6.87. The quantitative estimate of drug-likeness (QED) is 0.796. The number of rotatable bonds is 5. The standard InChI is InChI=1S/C18H21O2/c1-17(2,15-10-6-4-7-11-15)20-14-18(3,19)16-12-8-5-9-13-16/h4-13H,14H2,1-3H3. The first kappa shape index (κ1) is 14.8. The molecule has 20 heavy (non-hydrogen) atoms. The molecule has 105 valence electrons. The molecule has 2 rings (SSSR count). The van der Waals surface area contributed by atoms with Crippen molar-refractivity contribution in [2.45, 2.75) is 32.0 Å². The molecular weight excluding hydrogens is 248 g/mol. The van der Waals surface area contributed by atoms with E-state index in [1.54, 1.807) is 6.92 Å². The summed E-state index contributed by atoms with van der Waals surface area (Å²) >= 11 is 0. The Morgan fingerprint density at radius 2 is 1.25 bits per heavy atom. The van der Waals surface area contributed by atoms with E-state index in [9.17, 15) is 5.11 Å². The summed E-state index contributed by atoms with van der Waals surface area (Å²) in [5.41, 5.74) is 0.113. The van der Waals surface area contributed by atoms with Crippen molar-refractivity contribution < 1.29 is 9.84 Å². The highest BCUT2D eigenvalue weighted by Gasteiger charge is 2.30. The van der Waals surface area contributed by atoms with Gasteiger partial charge in [-0.15, -0.1) is 0 Å². The van der Waals surface area contributed by atoms with Crippen molar-refractivity contribution in [1.82, 2.24) is 0 Å². The van der Waals surface area contributed by atoms with Crippen molar-refractivity contribution >= 4 is 0 Å². The second-order valence-electron chi connectivity index (χ2n) is 5.76. The third-order valence-corrected chi connectivity index (χ3v) is 3.56. The van der Waals surface area contributed by atoms with Crippen LogP contribution < -0.4 is 0 Å². The van der Waals surface area contributed by atoms with Gasteiger partial charge < -0.3 is 4.74 Å².